The van der Waals surface area contributed by atoms with Gasteiger partial charge in [-0.15, -0.1) is 10.2 Å². The second kappa shape index (κ2) is 6.45. The molecule has 1 amide bonds. The van der Waals surface area contributed by atoms with Crippen molar-refractivity contribution < 1.29 is 9.53 Å². The van der Waals surface area contributed by atoms with Crippen LogP contribution in [0.2, 0.25) is 0 Å². The van der Waals surface area contributed by atoms with Crippen molar-refractivity contribution in [1.29, 1.82) is 0 Å². The number of carbonyl (C=O) groups excluding carboxylic acids is 1. The van der Waals surface area contributed by atoms with E-state index in [-0.39, 0.29) is 18.1 Å². The van der Waals surface area contributed by atoms with E-state index in [4.69, 9.17) is 4.74 Å². The van der Waals surface area contributed by atoms with Gasteiger partial charge in [-0.2, -0.15) is 0 Å². The lowest BCUT2D eigenvalue weighted by molar-refractivity contribution is -0.140. The topological polar surface area (TPSA) is 72.6 Å². The smallest absolute Gasteiger partial charge is 0.256 e. The van der Waals surface area contributed by atoms with Gasteiger partial charge >= 0.3 is 0 Å². The number of hydrogen-bond acceptors (Lipinski definition) is 6. The van der Waals surface area contributed by atoms with Crippen LogP contribution in [0.3, 0.4) is 0 Å². The Bertz CT molecular complexity index is 722. The van der Waals surface area contributed by atoms with E-state index in [1.54, 1.807) is 0 Å². The Balaban J connectivity index is 1.70. The standard InChI is InChI=1S/C15H21N5O2S/c1-9-5-10(2)20-14(16-9)17-18-15(20)23-8-13(21)19-6-11(3)22-12(4)7-19/h5,11-12H,6-8H2,1-4H3/t11-,12-/m1/s1. The third-order valence-corrected chi connectivity index (χ3v) is 4.67. The van der Waals surface area contributed by atoms with Gasteiger partial charge in [-0.25, -0.2) is 4.98 Å². The zero-order valence-corrected chi connectivity index (χ0v) is 14.6. The van der Waals surface area contributed by atoms with Gasteiger partial charge in [0.2, 0.25) is 5.91 Å². The summed E-state index contributed by atoms with van der Waals surface area (Å²) in [7, 11) is 0. The summed E-state index contributed by atoms with van der Waals surface area (Å²) in [5.74, 6) is 1.02. The van der Waals surface area contributed by atoms with E-state index in [1.165, 1.54) is 11.8 Å². The fourth-order valence-corrected chi connectivity index (χ4v) is 3.78. The van der Waals surface area contributed by atoms with Crippen LogP contribution in [-0.2, 0) is 9.53 Å². The first-order valence-corrected chi connectivity index (χ1v) is 8.68. The zero-order valence-electron chi connectivity index (χ0n) is 13.8. The third-order valence-electron chi connectivity index (χ3n) is 3.76. The first-order valence-electron chi connectivity index (χ1n) is 7.69. The molecule has 2 aromatic heterocycles. The molecule has 0 aliphatic carbocycles. The normalized spacial score (nSPS) is 21.8. The quantitative estimate of drug-likeness (QED) is 0.791. The monoisotopic (exact) mass is 335 g/mol. The van der Waals surface area contributed by atoms with Crippen molar-refractivity contribution in [3.63, 3.8) is 0 Å². The number of ether oxygens (including phenoxy) is 1. The number of aryl methyl sites for hydroxylation is 2. The molecular weight excluding hydrogens is 314 g/mol. The largest absolute Gasteiger partial charge is 0.372 e. The van der Waals surface area contributed by atoms with E-state index in [1.807, 2.05) is 43.1 Å². The molecule has 124 valence electrons. The number of amides is 1. The van der Waals surface area contributed by atoms with Crippen LogP contribution < -0.4 is 0 Å². The summed E-state index contributed by atoms with van der Waals surface area (Å²) in [5, 5.41) is 8.95. The van der Waals surface area contributed by atoms with Crippen LogP contribution in [0, 0.1) is 13.8 Å². The molecule has 23 heavy (non-hydrogen) atoms. The average molecular weight is 335 g/mol. The maximum atomic E-state index is 12.4. The van der Waals surface area contributed by atoms with Crippen molar-refractivity contribution in [3.8, 4) is 0 Å². The van der Waals surface area contributed by atoms with Crippen LogP contribution in [0.5, 0.6) is 0 Å². The van der Waals surface area contributed by atoms with Gasteiger partial charge in [0.25, 0.3) is 5.78 Å². The molecule has 0 aromatic carbocycles. The fourth-order valence-electron chi connectivity index (χ4n) is 2.89. The predicted octanol–water partition coefficient (Wildman–Crippen LogP) is 1.47. The summed E-state index contributed by atoms with van der Waals surface area (Å²) in [6.45, 7) is 9.19. The van der Waals surface area contributed by atoms with Crippen molar-refractivity contribution in [3.05, 3.63) is 17.5 Å². The van der Waals surface area contributed by atoms with Gasteiger partial charge in [0.15, 0.2) is 5.16 Å². The number of thioether (sulfide) groups is 1. The van der Waals surface area contributed by atoms with Crippen LogP contribution in [0.1, 0.15) is 25.2 Å². The van der Waals surface area contributed by atoms with Crippen LogP contribution >= 0.6 is 11.8 Å². The molecule has 0 bridgehead atoms. The van der Waals surface area contributed by atoms with Gasteiger partial charge in [-0.05, 0) is 33.8 Å². The molecule has 0 saturated carbocycles. The molecule has 1 saturated heterocycles. The number of nitrogens with zero attached hydrogens (tertiary/aromatic N) is 5. The molecule has 7 nitrogen and oxygen atoms in total. The number of hydrogen-bond donors (Lipinski definition) is 0. The summed E-state index contributed by atoms with van der Waals surface area (Å²) >= 11 is 1.40. The van der Waals surface area contributed by atoms with E-state index in [9.17, 15) is 4.79 Å². The summed E-state index contributed by atoms with van der Waals surface area (Å²) in [6, 6.07) is 1.98. The maximum absolute atomic E-state index is 12.4. The van der Waals surface area contributed by atoms with E-state index in [0.29, 0.717) is 29.8 Å². The molecule has 0 N–H and O–H groups in total. The van der Waals surface area contributed by atoms with Crippen LogP contribution in [0.25, 0.3) is 5.78 Å². The number of carbonyl (C=O) groups is 1. The Hall–Kier alpha value is -1.67. The minimum Gasteiger partial charge on any atom is -0.372 e. The van der Waals surface area contributed by atoms with Crippen molar-refractivity contribution in [1.82, 2.24) is 24.5 Å². The number of rotatable bonds is 3. The highest BCUT2D eigenvalue weighted by Gasteiger charge is 2.26. The lowest BCUT2D eigenvalue weighted by atomic mass is 10.2. The molecule has 8 heteroatoms. The zero-order chi connectivity index (χ0) is 16.6. The highest BCUT2D eigenvalue weighted by molar-refractivity contribution is 7.99. The van der Waals surface area contributed by atoms with Crippen LogP contribution in [0.15, 0.2) is 11.2 Å². The maximum Gasteiger partial charge on any atom is 0.256 e. The lowest BCUT2D eigenvalue weighted by Gasteiger charge is -2.35. The van der Waals surface area contributed by atoms with E-state index in [2.05, 4.69) is 15.2 Å². The molecule has 3 heterocycles. The SMILES string of the molecule is Cc1cc(C)n2c(SCC(=O)N3C[C@@H](C)O[C@H](C)C3)nnc2n1. The molecule has 0 spiro atoms. The second-order valence-electron chi connectivity index (χ2n) is 6.00. The van der Waals surface area contributed by atoms with E-state index >= 15 is 0 Å². The molecule has 1 aliphatic rings. The molecular formula is C15H21N5O2S. The van der Waals surface area contributed by atoms with Gasteiger partial charge < -0.3 is 9.64 Å². The Labute approximate surface area is 139 Å². The van der Waals surface area contributed by atoms with E-state index < -0.39 is 0 Å². The second-order valence-corrected chi connectivity index (χ2v) is 6.94. The van der Waals surface area contributed by atoms with Gasteiger partial charge in [-0.1, -0.05) is 11.8 Å². The minimum absolute atomic E-state index is 0.0797. The van der Waals surface area contributed by atoms with E-state index in [0.717, 1.165) is 11.4 Å². The Morgan fingerprint density at radius 2 is 2.00 bits per heavy atom. The highest BCUT2D eigenvalue weighted by atomic mass is 32.2. The summed E-state index contributed by atoms with van der Waals surface area (Å²) in [4.78, 5) is 18.7. The molecule has 0 unspecified atom stereocenters. The van der Waals surface area contributed by atoms with Crippen molar-refractivity contribution >= 4 is 23.4 Å². The highest BCUT2D eigenvalue weighted by Crippen LogP contribution is 2.20. The van der Waals surface area contributed by atoms with Gasteiger partial charge in [-0.3, -0.25) is 9.20 Å². The van der Waals surface area contributed by atoms with Gasteiger partial charge in [0, 0.05) is 24.5 Å². The number of morpholine rings is 1. The summed E-state index contributed by atoms with van der Waals surface area (Å²) < 4.78 is 7.55. The Morgan fingerprint density at radius 3 is 2.70 bits per heavy atom. The molecule has 0 radical (unpaired) electrons. The van der Waals surface area contributed by atoms with Crippen LogP contribution in [0.4, 0.5) is 0 Å². The Morgan fingerprint density at radius 1 is 1.30 bits per heavy atom. The van der Waals surface area contributed by atoms with Gasteiger partial charge in [0.05, 0.1) is 18.0 Å². The molecule has 3 rings (SSSR count). The summed E-state index contributed by atoms with van der Waals surface area (Å²) in [6.07, 6.45) is 0.159. The average Bonchev–Trinajstić information content (AvgIpc) is 2.86. The lowest BCUT2D eigenvalue weighted by Crippen LogP contribution is -2.48. The molecule has 1 fully saturated rings. The third kappa shape index (κ3) is 3.48. The van der Waals surface area contributed by atoms with Gasteiger partial charge in [0.1, 0.15) is 0 Å². The number of fused-ring (bicyclic) bond motifs is 1. The molecule has 1 aliphatic heterocycles. The first-order chi connectivity index (χ1) is 10.9. The minimum atomic E-state index is 0.0797. The van der Waals surface area contributed by atoms with Crippen molar-refractivity contribution in [2.45, 2.75) is 45.1 Å². The van der Waals surface area contributed by atoms with Crippen LogP contribution in [-0.4, -0.2) is 61.4 Å². The molecule has 2 aromatic rings. The first kappa shape index (κ1) is 16.2. The fraction of sp³-hybridized carbons (Fsp3) is 0.600. The molecule has 2 atom stereocenters. The summed E-state index contributed by atoms with van der Waals surface area (Å²) in [5.41, 5.74) is 1.92. The predicted molar refractivity (Wildman–Crippen MR) is 87.6 cm³/mol. The Kier molecular flexibility index (Phi) is 4.54. The van der Waals surface area contributed by atoms with Crippen molar-refractivity contribution in [2.75, 3.05) is 18.8 Å². The van der Waals surface area contributed by atoms with Crippen molar-refractivity contribution in [2.24, 2.45) is 0 Å². The number of aromatic nitrogens is 4.